The number of anilines is 1. The van der Waals surface area contributed by atoms with E-state index in [0.717, 1.165) is 37.2 Å². The van der Waals surface area contributed by atoms with E-state index in [2.05, 4.69) is 36.1 Å². The Hall–Kier alpha value is -1.16. The van der Waals surface area contributed by atoms with Crippen molar-refractivity contribution < 1.29 is 5.11 Å². The summed E-state index contributed by atoms with van der Waals surface area (Å²) in [5, 5.41) is 13.2. The smallest absolute Gasteiger partial charge is 0.129 e. The summed E-state index contributed by atoms with van der Waals surface area (Å²) in [6.45, 7) is 6.91. The molecular weight excluding hydrogens is 226 g/mol. The van der Waals surface area contributed by atoms with Gasteiger partial charge in [0.1, 0.15) is 12.1 Å². The molecular formula is C14H25N3O. The zero-order chi connectivity index (χ0) is 13.4. The number of hydrogen-bond acceptors (Lipinski definition) is 4. The van der Waals surface area contributed by atoms with Gasteiger partial charge >= 0.3 is 0 Å². The van der Waals surface area contributed by atoms with Gasteiger partial charge in [-0.3, -0.25) is 0 Å². The van der Waals surface area contributed by atoms with Crippen molar-refractivity contribution in [2.75, 3.05) is 11.9 Å². The van der Waals surface area contributed by atoms with Gasteiger partial charge in [0.25, 0.3) is 0 Å². The fourth-order valence-electron chi connectivity index (χ4n) is 2.10. The molecule has 0 saturated heterocycles. The molecule has 1 aromatic heterocycles. The van der Waals surface area contributed by atoms with Crippen molar-refractivity contribution in [3.8, 4) is 0 Å². The summed E-state index contributed by atoms with van der Waals surface area (Å²) in [4.78, 5) is 8.38. The molecule has 0 bridgehead atoms. The van der Waals surface area contributed by atoms with Gasteiger partial charge in [0.05, 0.1) is 6.10 Å². The summed E-state index contributed by atoms with van der Waals surface area (Å²) in [5.74, 6) is 1.16. The summed E-state index contributed by atoms with van der Waals surface area (Å²) >= 11 is 0. The normalized spacial score (nSPS) is 12.7. The van der Waals surface area contributed by atoms with Crippen LogP contribution in [0.25, 0.3) is 0 Å². The predicted octanol–water partition coefficient (Wildman–Crippen LogP) is 2.64. The van der Waals surface area contributed by atoms with E-state index in [1.54, 1.807) is 6.33 Å². The first-order valence-corrected chi connectivity index (χ1v) is 6.94. The van der Waals surface area contributed by atoms with Crippen LogP contribution in [0.15, 0.2) is 12.4 Å². The number of aryl methyl sites for hydroxylation is 1. The lowest BCUT2D eigenvalue weighted by Crippen LogP contribution is -2.28. The third-order valence-corrected chi connectivity index (χ3v) is 3.32. The Morgan fingerprint density at radius 1 is 1.22 bits per heavy atom. The fraction of sp³-hybridized carbons (Fsp3) is 0.714. The van der Waals surface area contributed by atoms with E-state index in [0.29, 0.717) is 12.5 Å². The second-order valence-corrected chi connectivity index (χ2v) is 4.67. The van der Waals surface area contributed by atoms with E-state index < -0.39 is 0 Å². The highest BCUT2D eigenvalue weighted by Gasteiger charge is 2.15. The summed E-state index contributed by atoms with van der Waals surface area (Å²) in [7, 11) is 0. The van der Waals surface area contributed by atoms with Crippen molar-refractivity contribution in [1.82, 2.24) is 9.97 Å². The van der Waals surface area contributed by atoms with Gasteiger partial charge in [0.15, 0.2) is 0 Å². The lowest BCUT2D eigenvalue weighted by molar-refractivity contribution is 0.114. The number of rotatable bonds is 8. The number of aliphatic hydroxyl groups is 1. The highest BCUT2D eigenvalue weighted by Crippen LogP contribution is 2.14. The Kier molecular flexibility index (Phi) is 6.65. The minimum Gasteiger partial charge on any atom is -0.391 e. The summed E-state index contributed by atoms with van der Waals surface area (Å²) in [6.07, 6.45) is 5.31. The van der Waals surface area contributed by atoms with E-state index in [-0.39, 0.29) is 6.10 Å². The van der Waals surface area contributed by atoms with Crippen LogP contribution >= 0.6 is 0 Å². The van der Waals surface area contributed by atoms with Gasteiger partial charge in [0.2, 0.25) is 0 Å². The minimum absolute atomic E-state index is 0.315. The molecule has 4 heteroatoms. The zero-order valence-corrected chi connectivity index (χ0v) is 11.7. The van der Waals surface area contributed by atoms with Crippen molar-refractivity contribution in [3.63, 3.8) is 0 Å². The van der Waals surface area contributed by atoms with Crippen LogP contribution in [0.1, 0.15) is 45.7 Å². The highest BCUT2D eigenvalue weighted by molar-refractivity contribution is 5.34. The molecule has 0 spiro atoms. The second-order valence-electron chi connectivity index (χ2n) is 4.67. The Labute approximate surface area is 110 Å². The van der Waals surface area contributed by atoms with Crippen LogP contribution < -0.4 is 5.32 Å². The van der Waals surface area contributed by atoms with Gasteiger partial charge in [-0.25, -0.2) is 9.97 Å². The summed E-state index contributed by atoms with van der Waals surface area (Å²) in [6, 6.07) is 1.96. The van der Waals surface area contributed by atoms with Crippen molar-refractivity contribution in [1.29, 1.82) is 0 Å². The Bertz CT molecular complexity index is 340. The maximum atomic E-state index is 10.0. The minimum atomic E-state index is -0.315. The standard InChI is InChI=1S/C14H25N3O/c1-4-7-12-8-14(17-10-16-12)15-9-13(18)11(5-2)6-3/h8,10-11,13,18H,4-7,9H2,1-3H3,(H,15,16,17). The average molecular weight is 251 g/mol. The lowest BCUT2D eigenvalue weighted by Gasteiger charge is -2.20. The third kappa shape index (κ3) is 4.61. The first kappa shape index (κ1) is 14.9. The van der Waals surface area contributed by atoms with Crippen LogP contribution in [0, 0.1) is 5.92 Å². The van der Waals surface area contributed by atoms with Crippen molar-refractivity contribution >= 4 is 5.82 Å². The molecule has 1 unspecified atom stereocenters. The largest absolute Gasteiger partial charge is 0.391 e. The molecule has 0 aliphatic rings. The molecule has 0 aromatic carbocycles. The van der Waals surface area contributed by atoms with Gasteiger partial charge in [-0.05, 0) is 12.3 Å². The Balaban J connectivity index is 2.49. The zero-order valence-electron chi connectivity index (χ0n) is 11.7. The van der Waals surface area contributed by atoms with Gasteiger partial charge in [0, 0.05) is 18.3 Å². The third-order valence-electron chi connectivity index (χ3n) is 3.32. The van der Waals surface area contributed by atoms with Crippen LogP contribution in [-0.4, -0.2) is 27.7 Å². The maximum Gasteiger partial charge on any atom is 0.129 e. The van der Waals surface area contributed by atoms with Crippen LogP contribution in [0.3, 0.4) is 0 Å². The SMILES string of the molecule is CCCc1cc(NCC(O)C(CC)CC)ncn1. The van der Waals surface area contributed by atoms with Crippen LogP contribution in [-0.2, 0) is 6.42 Å². The van der Waals surface area contributed by atoms with E-state index >= 15 is 0 Å². The van der Waals surface area contributed by atoms with Gasteiger partial charge in [-0.2, -0.15) is 0 Å². The number of hydrogen-bond donors (Lipinski definition) is 2. The molecule has 0 fully saturated rings. The summed E-state index contributed by atoms with van der Waals surface area (Å²) in [5.41, 5.74) is 1.05. The second kappa shape index (κ2) is 8.03. The molecule has 1 atom stereocenters. The summed E-state index contributed by atoms with van der Waals surface area (Å²) < 4.78 is 0. The fourth-order valence-corrected chi connectivity index (χ4v) is 2.10. The molecule has 102 valence electrons. The number of nitrogens with zero attached hydrogens (tertiary/aromatic N) is 2. The molecule has 18 heavy (non-hydrogen) atoms. The number of nitrogens with one attached hydrogen (secondary N) is 1. The number of aromatic nitrogens is 2. The average Bonchev–Trinajstić information content (AvgIpc) is 2.39. The van der Waals surface area contributed by atoms with Gasteiger partial charge < -0.3 is 10.4 Å². The molecule has 0 aliphatic heterocycles. The first-order chi connectivity index (χ1) is 8.71. The van der Waals surface area contributed by atoms with Crippen molar-refractivity contribution in [2.45, 2.75) is 52.6 Å². The van der Waals surface area contributed by atoms with E-state index in [9.17, 15) is 5.11 Å². The first-order valence-electron chi connectivity index (χ1n) is 6.94. The van der Waals surface area contributed by atoms with Crippen LogP contribution in [0.5, 0.6) is 0 Å². The van der Waals surface area contributed by atoms with Crippen molar-refractivity contribution in [2.24, 2.45) is 5.92 Å². The lowest BCUT2D eigenvalue weighted by atomic mass is 9.96. The van der Waals surface area contributed by atoms with Crippen LogP contribution in [0.4, 0.5) is 5.82 Å². The molecule has 0 aliphatic carbocycles. The van der Waals surface area contributed by atoms with Crippen LogP contribution in [0.2, 0.25) is 0 Å². The van der Waals surface area contributed by atoms with Gasteiger partial charge in [-0.15, -0.1) is 0 Å². The quantitative estimate of drug-likeness (QED) is 0.745. The molecule has 1 heterocycles. The molecule has 1 rings (SSSR count). The molecule has 0 radical (unpaired) electrons. The predicted molar refractivity (Wildman–Crippen MR) is 74.6 cm³/mol. The number of aliphatic hydroxyl groups excluding tert-OH is 1. The van der Waals surface area contributed by atoms with Crippen molar-refractivity contribution in [3.05, 3.63) is 18.1 Å². The molecule has 2 N–H and O–H groups in total. The highest BCUT2D eigenvalue weighted by atomic mass is 16.3. The molecule has 1 aromatic rings. The molecule has 0 saturated carbocycles. The molecule has 0 amide bonds. The van der Waals surface area contributed by atoms with E-state index in [4.69, 9.17) is 0 Å². The maximum absolute atomic E-state index is 10.0. The Morgan fingerprint density at radius 2 is 1.94 bits per heavy atom. The van der Waals surface area contributed by atoms with Gasteiger partial charge in [-0.1, -0.05) is 40.0 Å². The Morgan fingerprint density at radius 3 is 2.56 bits per heavy atom. The topological polar surface area (TPSA) is 58.0 Å². The van der Waals surface area contributed by atoms with E-state index in [1.807, 2.05) is 6.07 Å². The monoisotopic (exact) mass is 251 g/mol. The van der Waals surface area contributed by atoms with E-state index in [1.165, 1.54) is 0 Å². The molecule has 4 nitrogen and oxygen atoms in total.